The number of hydrogen-bond donors (Lipinski definition) is 1. The molecule has 2 unspecified atom stereocenters. The van der Waals surface area contributed by atoms with Gasteiger partial charge in [0.25, 0.3) is 5.91 Å². The van der Waals surface area contributed by atoms with Crippen molar-refractivity contribution >= 4 is 35.6 Å². The molecule has 152 valence electrons. The number of halogens is 2. The summed E-state index contributed by atoms with van der Waals surface area (Å²) in [6.07, 6.45) is 0.409. The van der Waals surface area contributed by atoms with E-state index in [4.69, 9.17) is 21.1 Å². The standard InChI is InChI=1S/C21H25ClN2O3.ClH/c1-15-4-8-17(9-5-15)24-19(14-23-12-3-13-26-2)20(21(24)25)27-18-10-6-16(22)7-11-18;/h4-11,19-20,23H,3,12-14H2,1-2H3;1H. The third-order valence-electron chi connectivity index (χ3n) is 4.61. The number of hydrogen-bond acceptors (Lipinski definition) is 4. The van der Waals surface area contributed by atoms with Crippen LogP contribution < -0.4 is 15.0 Å². The van der Waals surface area contributed by atoms with Gasteiger partial charge in [-0.3, -0.25) is 4.79 Å². The van der Waals surface area contributed by atoms with Crippen molar-refractivity contribution in [1.82, 2.24) is 5.32 Å². The Hall–Kier alpha value is -1.79. The average molecular weight is 425 g/mol. The number of β-lactam (4-membered cyclic amide) rings is 1. The van der Waals surface area contributed by atoms with E-state index >= 15 is 0 Å². The van der Waals surface area contributed by atoms with Gasteiger partial charge in [-0.2, -0.15) is 0 Å². The number of nitrogens with zero attached hydrogens (tertiary/aromatic N) is 1. The van der Waals surface area contributed by atoms with Crippen LogP contribution >= 0.6 is 24.0 Å². The van der Waals surface area contributed by atoms with Crippen LogP contribution in [0.5, 0.6) is 5.75 Å². The fourth-order valence-electron chi connectivity index (χ4n) is 3.12. The molecule has 1 fully saturated rings. The lowest BCUT2D eigenvalue weighted by atomic mass is 9.96. The van der Waals surface area contributed by atoms with Gasteiger partial charge < -0.3 is 19.7 Å². The van der Waals surface area contributed by atoms with Crippen molar-refractivity contribution in [2.45, 2.75) is 25.5 Å². The van der Waals surface area contributed by atoms with E-state index in [1.807, 2.05) is 36.1 Å². The molecule has 1 aliphatic heterocycles. The molecule has 0 radical (unpaired) electrons. The first kappa shape index (κ1) is 22.5. The van der Waals surface area contributed by atoms with Gasteiger partial charge in [0, 0.05) is 31.0 Å². The maximum Gasteiger partial charge on any atom is 0.270 e. The molecule has 1 heterocycles. The molecule has 1 amide bonds. The van der Waals surface area contributed by atoms with Crippen molar-refractivity contribution in [3.8, 4) is 5.75 Å². The van der Waals surface area contributed by atoms with Gasteiger partial charge in [0.1, 0.15) is 5.75 Å². The minimum atomic E-state index is -0.512. The van der Waals surface area contributed by atoms with Crippen LogP contribution in [0.25, 0.3) is 0 Å². The lowest BCUT2D eigenvalue weighted by Gasteiger charge is -2.46. The van der Waals surface area contributed by atoms with Gasteiger partial charge in [0.2, 0.25) is 0 Å². The van der Waals surface area contributed by atoms with Crippen LogP contribution in [-0.2, 0) is 9.53 Å². The van der Waals surface area contributed by atoms with E-state index < -0.39 is 6.10 Å². The first-order chi connectivity index (χ1) is 13.1. The number of carbonyl (C=O) groups is 1. The van der Waals surface area contributed by atoms with E-state index in [9.17, 15) is 4.79 Å². The molecule has 0 spiro atoms. The van der Waals surface area contributed by atoms with Crippen molar-refractivity contribution < 1.29 is 14.3 Å². The van der Waals surface area contributed by atoms with Crippen LogP contribution in [0, 0.1) is 6.92 Å². The van der Waals surface area contributed by atoms with Crippen LogP contribution in [0.15, 0.2) is 48.5 Å². The highest BCUT2D eigenvalue weighted by atomic mass is 35.5. The summed E-state index contributed by atoms with van der Waals surface area (Å²) in [4.78, 5) is 14.6. The maximum atomic E-state index is 12.8. The number of anilines is 1. The van der Waals surface area contributed by atoms with Crippen molar-refractivity contribution in [2.24, 2.45) is 0 Å². The second-order valence-electron chi connectivity index (χ2n) is 6.65. The first-order valence-electron chi connectivity index (χ1n) is 9.12. The monoisotopic (exact) mass is 424 g/mol. The lowest BCUT2D eigenvalue weighted by Crippen LogP contribution is -2.70. The Balaban J connectivity index is 0.00000280. The van der Waals surface area contributed by atoms with Gasteiger partial charge in [0.15, 0.2) is 6.10 Å². The lowest BCUT2D eigenvalue weighted by molar-refractivity contribution is -0.134. The van der Waals surface area contributed by atoms with Gasteiger partial charge >= 0.3 is 0 Å². The molecule has 0 saturated carbocycles. The summed E-state index contributed by atoms with van der Waals surface area (Å²) in [6, 6.07) is 15.0. The predicted molar refractivity (Wildman–Crippen MR) is 115 cm³/mol. The van der Waals surface area contributed by atoms with Gasteiger partial charge in [-0.25, -0.2) is 0 Å². The molecule has 2 aromatic rings. The molecule has 1 saturated heterocycles. The largest absolute Gasteiger partial charge is 0.478 e. The number of nitrogens with one attached hydrogen (secondary N) is 1. The Labute approximate surface area is 177 Å². The quantitative estimate of drug-likeness (QED) is 0.490. The van der Waals surface area contributed by atoms with E-state index in [1.165, 1.54) is 0 Å². The van der Waals surface area contributed by atoms with Crippen molar-refractivity contribution in [1.29, 1.82) is 0 Å². The van der Waals surface area contributed by atoms with E-state index in [-0.39, 0.29) is 24.4 Å². The van der Waals surface area contributed by atoms with E-state index in [2.05, 4.69) is 5.32 Å². The fraction of sp³-hybridized carbons (Fsp3) is 0.381. The van der Waals surface area contributed by atoms with Crippen LogP contribution in [0.2, 0.25) is 5.02 Å². The molecule has 2 atom stereocenters. The second kappa shape index (κ2) is 10.7. The highest BCUT2D eigenvalue weighted by Crippen LogP contribution is 2.31. The third kappa shape index (κ3) is 5.39. The number of rotatable bonds is 9. The smallest absolute Gasteiger partial charge is 0.270 e. The van der Waals surface area contributed by atoms with Gasteiger partial charge in [-0.15, -0.1) is 12.4 Å². The molecular weight excluding hydrogens is 399 g/mol. The van der Waals surface area contributed by atoms with Gasteiger partial charge in [-0.1, -0.05) is 29.3 Å². The number of benzene rings is 2. The Morgan fingerprint density at radius 3 is 2.43 bits per heavy atom. The zero-order valence-corrected chi connectivity index (χ0v) is 17.6. The summed E-state index contributed by atoms with van der Waals surface area (Å²) >= 11 is 5.93. The highest BCUT2D eigenvalue weighted by molar-refractivity contribution is 6.30. The molecule has 28 heavy (non-hydrogen) atoms. The zero-order valence-electron chi connectivity index (χ0n) is 16.1. The van der Waals surface area contributed by atoms with Crippen LogP contribution in [0.3, 0.4) is 0 Å². The van der Waals surface area contributed by atoms with Crippen LogP contribution in [0.1, 0.15) is 12.0 Å². The predicted octanol–water partition coefficient (Wildman–Crippen LogP) is 3.86. The van der Waals surface area contributed by atoms with Crippen molar-refractivity contribution in [3.05, 3.63) is 59.1 Å². The fourth-order valence-corrected chi connectivity index (χ4v) is 3.25. The Kier molecular flexibility index (Phi) is 8.58. The maximum absolute atomic E-state index is 12.8. The molecule has 2 aromatic carbocycles. The Morgan fingerprint density at radius 1 is 1.11 bits per heavy atom. The molecule has 5 nitrogen and oxygen atoms in total. The summed E-state index contributed by atoms with van der Waals surface area (Å²) in [6.45, 7) is 4.22. The molecule has 1 N–H and O–H groups in total. The number of aryl methyl sites for hydroxylation is 1. The Bertz CT molecular complexity index is 753. The Morgan fingerprint density at radius 2 is 1.79 bits per heavy atom. The number of carbonyl (C=O) groups excluding carboxylic acids is 1. The highest BCUT2D eigenvalue weighted by Gasteiger charge is 2.49. The van der Waals surface area contributed by atoms with Crippen LogP contribution in [-0.4, -0.2) is 44.9 Å². The minimum absolute atomic E-state index is 0. The van der Waals surface area contributed by atoms with Crippen molar-refractivity contribution in [3.63, 3.8) is 0 Å². The summed E-state index contributed by atoms with van der Waals surface area (Å²) in [5.41, 5.74) is 2.06. The molecule has 7 heteroatoms. The number of methoxy groups -OCH3 is 1. The summed E-state index contributed by atoms with van der Waals surface area (Å²) < 4.78 is 11.0. The molecular formula is C21H26Cl2N2O3. The molecule has 0 aromatic heterocycles. The molecule has 1 aliphatic rings. The van der Waals surface area contributed by atoms with Gasteiger partial charge in [0.05, 0.1) is 6.04 Å². The number of amides is 1. The van der Waals surface area contributed by atoms with E-state index in [0.29, 0.717) is 23.9 Å². The van der Waals surface area contributed by atoms with Gasteiger partial charge in [-0.05, 0) is 56.3 Å². The van der Waals surface area contributed by atoms with Crippen LogP contribution in [0.4, 0.5) is 5.69 Å². The molecule has 3 rings (SSSR count). The van der Waals surface area contributed by atoms with Crippen molar-refractivity contribution in [2.75, 3.05) is 31.7 Å². The normalized spacial score (nSPS) is 18.4. The third-order valence-corrected chi connectivity index (χ3v) is 4.86. The topological polar surface area (TPSA) is 50.8 Å². The summed E-state index contributed by atoms with van der Waals surface area (Å²) in [5.74, 6) is 0.614. The van der Waals surface area contributed by atoms with E-state index in [0.717, 1.165) is 24.2 Å². The second-order valence-corrected chi connectivity index (χ2v) is 7.09. The SMILES string of the molecule is COCCCNCC1C(Oc2ccc(Cl)cc2)C(=O)N1c1ccc(C)cc1.Cl. The average Bonchev–Trinajstić information content (AvgIpc) is 2.67. The molecule has 0 aliphatic carbocycles. The summed E-state index contributed by atoms with van der Waals surface area (Å²) in [7, 11) is 1.69. The summed E-state index contributed by atoms with van der Waals surface area (Å²) in [5, 5.41) is 4.04. The first-order valence-corrected chi connectivity index (χ1v) is 9.49. The van der Waals surface area contributed by atoms with E-state index in [1.54, 1.807) is 31.4 Å². The minimum Gasteiger partial charge on any atom is -0.478 e. The zero-order chi connectivity index (χ0) is 19.2. The molecule has 0 bridgehead atoms. The number of ether oxygens (including phenoxy) is 2.